The zero-order valence-electron chi connectivity index (χ0n) is 11.1. The fourth-order valence-electron chi connectivity index (χ4n) is 2.33. The molecule has 0 spiro atoms. The quantitative estimate of drug-likeness (QED) is 0.861. The Morgan fingerprint density at radius 3 is 2.80 bits per heavy atom. The Morgan fingerprint density at radius 2 is 2.00 bits per heavy atom. The number of thiocarbonyl (C=S) groups is 1. The van der Waals surface area contributed by atoms with Gasteiger partial charge in [-0.3, -0.25) is 0 Å². The molecule has 1 aliphatic heterocycles. The molecule has 104 valence electrons. The Kier molecular flexibility index (Phi) is 4.03. The standard InChI is InChI=1S/C14H16N4S2/c15-13-10-5-1-2-6-11(10)16-12(17-13)9-20-14(19)18-7-3-4-8-18/h1-2,5-6H,3-4,7-9H2,(H2,15,16,17). The Balaban J connectivity index is 1.72. The van der Waals surface area contributed by atoms with Gasteiger partial charge in [0.15, 0.2) is 0 Å². The van der Waals surface area contributed by atoms with E-state index in [1.165, 1.54) is 12.8 Å². The minimum Gasteiger partial charge on any atom is -0.383 e. The molecule has 3 rings (SSSR count). The molecule has 20 heavy (non-hydrogen) atoms. The van der Waals surface area contributed by atoms with Crippen molar-refractivity contribution in [3.63, 3.8) is 0 Å². The summed E-state index contributed by atoms with van der Waals surface area (Å²) < 4.78 is 0.942. The summed E-state index contributed by atoms with van der Waals surface area (Å²) in [5.74, 6) is 1.95. The summed E-state index contributed by atoms with van der Waals surface area (Å²) in [6.45, 7) is 2.15. The summed E-state index contributed by atoms with van der Waals surface area (Å²) in [4.78, 5) is 11.2. The predicted octanol–water partition coefficient (Wildman–Crippen LogP) is 2.83. The van der Waals surface area contributed by atoms with Gasteiger partial charge in [0, 0.05) is 18.5 Å². The van der Waals surface area contributed by atoms with Crippen LogP contribution < -0.4 is 5.73 Å². The van der Waals surface area contributed by atoms with Crippen LogP contribution in [0.4, 0.5) is 5.82 Å². The van der Waals surface area contributed by atoms with Gasteiger partial charge in [0.25, 0.3) is 0 Å². The number of hydrogen-bond donors (Lipinski definition) is 1. The van der Waals surface area contributed by atoms with Crippen LogP contribution in [0.5, 0.6) is 0 Å². The molecule has 2 N–H and O–H groups in total. The molecule has 0 atom stereocenters. The van der Waals surface area contributed by atoms with Crippen molar-refractivity contribution >= 4 is 45.0 Å². The SMILES string of the molecule is Nc1nc(CSC(=S)N2CCCC2)nc2ccccc12. The Bertz CT molecular complexity index is 638. The van der Waals surface area contributed by atoms with Crippen molar-refractivity contribution in [1.29, 1.82) is 0 Å². The fraction of sp³-hybridized carbons (Fsp3) is 0.357. The van der Waals surface area contributed by atoms with Crippen molar-refractivity contribution in [2.24, 2.45) is 0 Å². The van der Waals surface area contributed by atoms with Crippen LogP contribution in [0.25, 0.3) is 10.9 Å². The summed E-state index contributed by atoms with van der Waals surface area (Å²) in [5, 5.41) is 0.906. The second-order valence-electron chi connectivity index (χ2n) is 4.79. The number of thioether (sulfide) groups is 1. The van der Waals surface area contributed by atoms with Crippen molar-refractivity contribution in [2.75, 3.05) is 18.8 Å². The van der Waals surface area contributed by atoms with Crippen molar-refractivity contribution in [3.05, 3.63) is 30.1 Å². The first-order chi connectivity index (χ1) is 9.74. The van der Waals surface area contributed by atoms with Crippen LogP contribution in [0.2, 0.25) is 0 Å². The molecule has 4 nitrogen and oxygen atoms in total. The van der Waals surface area contributed by atoms with Crippen LogP contribution in [0.3, 0.4) is 0 Å². The van der Waals surface area contributed by atoms with Gasteiger partial charge in [0.2, 0.25) is 0 Å². The summed E-state index contributed by atoms with van der Waals surface area (Å²) in [6, 6.07) is 7.80. The lowest BCUT2D eigenvalue weighted by atomic mass is 10.2. The smallest absolute Gasteiger partial charge is 0.141 e. The van der Waals surface area contributed by atoms with E-state index in [9.17, 15) is 0 Å². The normalized spacial score (nSPS) is 14.9. The third kappa shape index (κ3) is 2.86. The van der Waals surface area contributed by atoms with Gasteiger partial charge in [-0.25, -0.2) is 9.97 Å². The average molecular weight is 304 g/mol. The number of benzene rings is 1. The number of nitrogens with two attached hydrogens (primary N) is 1. The van der Waals surface area contributed by atoms with E-state index < -0.39 is 0 Å². The number of para-hydroxylation sites is 1. The summed E-state index contributed by atoms with van der Waals surface area (Å²) in [6.07, 6.45) is 2.47. The van der Waals surface area contributed by atoms with Gasteiger partial charge in [0.1, 0.15) is 16.0 Å². The van der Waals surface area contributed by atoms with E-state index in [1.807, 2.05) is 24.3 Å². The fourth-order valence-corrected chi connectivity index (χ4v) is 3.44. The molecule has 1 saturated heterocycles. The number of aromatic nitrogens is 2. The molecule has 0 saturated carbocycles. The number of nitrogens with zero attached hydrogens (tertiary/aromatic N) is 3. The Hall–Kier alpha value is -1.40. The van der Waals surface area contributed by atoms with Crippen molar-refractivity contribution in [1.82, 2.24) is 14.9 Å². The van der Waals surface area contributed by atoms with E-state index in [1.54, 1.807) is 11.8 Å². The highest BCUT2D eigenvalue weighted by atomic mass is 32.2. The van der Waals surface area contributed by atoms with Crippen LogP contribution in [-0.2, 0) is 5.75 Å². The molecule has 1 aliphatic rings. The largest absolute Gasteiger partial charge is 0.383 e. The topological polar surface area (TPSA) is 55.0 Å². The van der Waals surface area contributed by atoms with Crippen LogP contribution >= 0.6 is 24.0 Å². The van der Waals surface area contributed by atoms with Crippen LogP contribution in [0.1, 0.15) is 18.7 Å². The maximum Gasteiger partial charge on any atom is 0.141 e. The van der Waals surface area contributed by atoms with Crippen molar-refractivity contribution in [3.8, 4) is 0 Å². The van der Waals surface area contributed by atoms with Crippen LogP contribution in [0.15, 0.2) is 24.3 Å². The minimum atomic E-state index is 0.540. The van der Waals surface area contributed by atoms with Crippen LogP contribution in [-0.4, -0.2) is 32.3 Å². The minimum absolute atomic E-state index is 0.540. The molecule has 0 amide bonds. The molecular weight excluding hydrogens is 288 g/mol. The molecule has 2 heterocycles. The molecule has 6 heteroatoms. The van der Waals surface area contributed by atoms with Crippen molar-refractivity contribution in [2.45, 2.75) is 18.6 Å². The second kappa shape index (κ2) is 5.93. The molecular formula is C14H16N4S2. The summed E-state index contributed by atoms with van der Waals surface area (Å²) in [7, 11) is 0. The first kappa shape index (κ1) is 13.6. The number of rotatable bonds is 2. The second-order valence-corrected chi connectivity index (χ2v) is 6.40. The first-order valence-corrected chi connectivity index (χ1v) is 8.06. The van der Waals surface area contributed by atoms with E-state index in [0.717, 1.165) is 34.1 Å². The third-order valence-electron chi connectivity index (χ3n) is 3.37. The van der Waals surface area contributed by atoms with Gasteiger partial charge in [0.05, 0.1) is 11.3 Å². The number of likely N-dealkylation sites (tertiary alicyclic amines) is 1. The summed E-state index contributed by atoms with van der Waals surface area (Å²) in [5.41, 5.74) is 6.87. The van der Waals surface area contributed by atoms with E-state index in [0.29, 0.717) is 11.6 Å². The zero-order chi connectivity index (χ0) is 13.9. The number of anilines is 1. The molecule has 0 unspecified atom stereocenters. The Morgan fingerprint density at radius 1 is 1.25 bits per heavy atom. The predicted molar refractivity (Wildman–Crippen MR) is 88.7 cm³/mol. The molecule has 0 aliphatic carbocycles. The number of fused-ring (bicyclic) bond motifs is 1. The highest BCUT2D eigenvalue weighted by Gasteiger charge is 2.15. The monoisotopic (exact) mass is 304 g/mol. The number of hydrogen-bond acceptors (Lipinski definition) is 5. The van der Waals surface area contributed by atoms with Gasteiger partial charge in [-0.2, -0.15) is 0 Å². The van der Waals surface area contributed by atoms with E-state index in [2.05, 4.69) is 14.9 Å². The van der Waals surface area contributed by atoms with Gasteiger partial charge in [-0.1, -0.05) is 36.1 Å². The molecule has 0 bridgehead atoms. The molecule has 1 fully saturated rings. The van der Waals surface area contributed by atoms with Crippen LogP contribution in [0, 0.1) is 0 Å². The van der Waals surface area contributed by atoms with Crippen molar-refractivity contribution < 1.29 is 0 Å². The summed E-state index contributed by atoms with van der Waals surface area (Å²) >= 11 is 7.06. The lowest BCUT2D eigenvalue weighted by Gasteiger charge is -2.17. The Labute approximate surface area is 127 Å². The number of nitrogen functional groups attached to an aromatic ring is 1. The molecule has 1 aromatic carbocycles. The molecule has 0 radical (unpaired) electrons. The maximum atomic E-state index is 5.98. The lowest BCUT2D eigenvalue weighted by Crippen LogP contribution is -2.23. The van der Waals surface area contributed by atoms with Gasteiger partial charge in [-0.05, 0) is 25.0 Å². The highest BCUT2D eigenvalue weighted by Crippen LogP contribution is 2.22. The van der Waals surface area contributed by atoms with E-state index >= 15 is 0 Å². The maximum absolute atomic E-state index is 5.98. The van der Waals surface area contributed by atoms with Gasteiger partial charge in [-0.15, -0.1) is 0 Å². The van der Waals surface area contributed by atoms with E-state index in [4.69, 9.17) is 18.0 Å². The zero-order valence-corrected chi connectivity index (χ0v) is 12.7. The van der Waals surface area contributed by atoms with Gasteiger partial charge >= 0.3 is 0 Å². The van der Waals surface area contributed by atoms with E-state index in [-0.39, 0.29) is 0 Å². The lowest BCUT2D eigenvalue weighted by molar-refractivity contribution is 0.539. The third-order valence-corrected chi connectivity index (χ3v) is 4.89. The average Bonchev–Trinajstić information content (AvgIpc) is 2.99. The highest BCUT2D eigenvalue weighted by molar-refractivity contribution is 8.22. The molecule has 2 aromatic rings. The molecule has 1 aromatic heterocycles. The first-order valence-electron chi connectivity index (χ1n) is 6.67. The van der Waals surface area contributed by atoms with Gasteiger partial charge < -0.3 is 10.6 Å².